The molecule has 0 aliphatic heterocycles. The van der Waals surface area contributed by atoms with Gasteiger partial charge in [-0.05, 0) is 23.8 Å². The lowest BCUT2D eigenvalue weighted by atomic mass is 10.2. The summed E-state index contributed by atoms with van der Waals surface area (Å²) in [6.45, 7) is 0. The molecule has 0 aliphatic carbocycles. The van der Waals surface area contributed by atoms with Crippen molar-refractivity contribution in [1.29, 1.82) is 0 Å². The van der Waals surface area contributed by atoms with Crippen molar-refractivity contribution >= 4 is 29.3 Å². The Balaban J connectivity index is 2.08. The third-order valence-corrected chi connectivity index (χ3v) is 2.82. The summed E-state index contributed by atoms with van der Waals surface area (Å²) in [6, 6.07) is 7.61. The highest BCUT2D eigenvalue weighted by Crippen LogP contribution is 2.18. The normalized spacial score (nSPS) is 10.9. The zero-order valence-corrected chi connectivity index (χ0v) is 11.3. The van der Waals surface area contributed by atoms with Gasteiger partial charge in [0.05, 0.1) is 5.69 Å². The fourth-order valence-corrected chi connectivity index (χ4v) is 1.66. The van der Waals surface area contributed by atoms with Gasteiger partial charge in [0.1, 0.15) is 5.82 Å². The van der Waals surface area contributed by atoms with E-state index in [0.717, 1.165) is 6.08 Å². The Hall–Kier alpha value is -2.27. The molecule has 2 nitrogen and oxygen atoms in total. The summed E-state index contributed by atoms with van der Waals surface area (Å²) < 4.78 is 39.1. The van der Waals surface area contributed by atoms with Gasteiger partial charge in [-0.1, -0.05) is 23.7 Å². The first-order chi connectivity index (χ1) is 9.95. The van der Waals surface area contributed by atoms with Gasteiger partial charge in [0, 0.05) is 23.2 Å². The van der Waals surface area contributed by atoms with Crippen molar-refractivity contribution in [3.05, 3.63) is 70.5 Å². The van der Waals surface area contributed by atoms with Crippen LogP contribution in [0.1, 0.15) is 5.56 Å². The highest BCUT2D eigenvalue weighted by atomic mass is 35.5. The van der Waals surface area contributed by atoms with Crippen LogP contribution < -0.4 is 5.32 Å². The van der Waals surface area contributed by atoms with E-state index in [9.17, 15) is 18.0 Å². The van der Waals surface area contributed by atoms with Gasteiger partial charge in [0.2, 0.25) is 5.91 Å². The average molecular weight is 312 g/mol. The number of benzene rings is 2. The topological polar surface area (TPSA) is 29.1 Å². The molecule has 1 N–H and O–H groups in total. The molecule has 21 heavy (non-hydrogen) atoms. The number of hydrogen-bond donors (Lipinski definition) is 1. The number of nitrogens with one attached hydrogen (secondary N) is 1. The Morgan fingerprint density at radius 3 is 2.29 bits per heavy atom. The molecule has 0 aromatic heterocycles. The molecule has 0 radical (unpaired) electrons. The molecular formula is C15H9ClF3NO. The SMILES string of the molecule is O=C(C=Cc1ccc(Cl)cc1)Nc1cc(F)c(F)cc1F. The molecule has 1 amide bonds. The van der Waals surface area contributed by atoms with E-state index in [1.165, 1.54) is 6.08 Å². The Morgan fingerprint density at radius 1 is 1.00 bits per heavy atom. The van der Waals surface area contributed by atoms with E-state index in [1.807, 2.05) is 0 Å². The van der Waals surface area contributed by atoms with E-state index < -0.39 is 29.0 Å². The van der Waals surface area contributed by atoms with Crippen molar-refractivity contribution in [3.63, 3.8) is 0 Å². The van der Waals surface area contributed by atoms with Gasteiger partial charge >= 0.3 is 0 Å². The minimum Gasteiger partial charge on any atom is -0.320 e. The molecule has 0 spiro atoms. The number of anilines is 1. The van der Waals surface area contributed by atoms with Crippen molar-refractivity contribution in [3.8, 4) is 0 Å². The van der Waals surface area contributed by atoms with Crippen LogP contribution in [0.4, 0.5) is 18.9 Å². The van der Waals surface area contributed by atoms with Gasteiger partial charge in [0.15, 0.2) is 11.6 Å². The molecule has 6 heteroatoms. The molecule has 0 saturated heterocycles. The second kappa shape index (κ2) is 6.45. The summed E-state index contributed by atoms with van der Waals surface area (Å²) in [6.07, 6.45) is 2.62. The first-order valence-electron chi connectivity index (χ1n) is 5.85. The number of carbonyl (C=O) groups excluding carboxylic acids is 1. The first kappa shape index (κ1) is 15.1. The maximum Gasteiger partial charge on any atom is 0.248 e. The van der Waals surface area contributed by atoms with E-state index in [4.69, 9.17) is 11.6 Å². The molecule has 0 heterocycles. The van der Waals surface area contributed by atoms with Crippen LogP contribution in [-0.2, 0) is 4.79 Å². The molecule has 2 aromatic rings. The van der Waals surface area contributed by atoms with Crippen LogP contribution in [0.2, 0.25) is 5.02 Å². The summed E-state index contributed by atoms with van der Waals surface area (Å²) >= 11 is 5.72. The van der Waals surface area contributed by atoms with Gasteiger partial charge < -0.3 is 5.32 Å². The van der Waals surface area contributed by atoms with E-state index in [0.29, 0.717) is 22.7 Å². The summed E-state index contributed by atoms with van der Waals surface area (Å²) in [4.78, 5) is 11.6. The lowest BCUT2D eigenvalue weighted by molar-refractivity contribution is -0.111. The fourth-order valence-electron chi connectivity index (χ4n) is 1.54. The third-order valence-electron chi connectivity index (χ3n) is 2.56. The largest absolute Gasteiger partial charge is 0.320 e. The number of amides is 1. The van der Waals surface area contributed by atoms with Crippen LogP contribution in [0.15, 0.2) is 42.5 Å². The van der Waals surface area contributed by atoms with Gasteiger partial charge in [-0.3, -0.25) is 4.79 Å². The highest BCUT2D eigenvalue weighted by molar-refractivity contribution is 6.30. The number of carbonyl (C=O) groups is 1. The van der Waals surface area contributed by atoms with Crippen molar-refractivity contribution in [2.75, 3.05) is 5.32 Å². The molecule has 2 aromatic carbocycles. The smallest absolute Gasteiger partial charge is 0.248 e. The van der Waals surface area contributed by atoms with Crippen molar-refractivity contribution in [2.45, 2.75) is 0 Å². The first-order valence-corrected chi connectivity index (χ1v) is 6.22. The lowest BCUT2D eigenvalue weighted by Crippen LogP contribution is -2.10. The van der Waals surface area contributed by atoms with Gasteiger partial charge in [-0.15, -0.1) is 0 Å². The summed E-state index contributed by atoms with van der Waals surface area (Å²) in [5, 5.41) is 2.68. The Kier molecular flexibility index (Phi) is 4.65. The molecule has 2 rings (SSSR count). The molecule has 0 fully saturated rings. The van der Waals surface area contributed by atoms with Crippen molar-refractivity contribution in [1.82, 2.24) is 0 Å². The second-order valence-electron chi connectivity index (χ2n) is 4.12. The van der Waals surface area contributed by atoms with Gasteiger partial charge in [-0.25, -0.2) is 13.2 Å². The molecule has 0 unspecified atom stereocenters. The average Bonchev–Trinajstić information content (AvgIpc) is 2.44. The minimum absolute atomic E-state index is 0.369. The zero-order chi connectivity index (χ0) is 15.4. The van der Waals surface area contributed by atoms with E-state index in [-0.39, 0.29) is 0 Å². The lowest BCUT2D eigenvalue weighted by Gasteiger charge is -2.04. The van der Waals surface area contributed by atoms with Crippen LogP contribution in [0.5, 0.6) is 0 Å². The number of halogens is 4. The maximum atomic E-state index is 13.3. The predicted molar refractivity (Wildman–Crippen MR) is 75.4 cm³/mol. The minimum atomic E-state index is -1.32. The molecule has 0 bridgehead atoms. The third kappa shape index (κ3) is 4.10. The Labute approximate surface area is 123 Å². The molecule has 0 saturated carbocycles. The second-order valence-corrected chi connectivity index (χ2v) is 4.56. The molecule has 108 valence electrons. The van der Waals surface area contributed by atoms with Gasteiger partial charge in [0.25, 0.3) is 0 Å². The van der Waals surface area contributed by atoms with E-state index >= 15 is 0 Å². The monoisotopic (exact) mass is 311 g/mol. The predicted octanol–water partition coefficient (Wildman–Crippen LogP) is 4.41. The summed E-state index contributed by atoms with van der Waals surface area (Å²) in [5.74, 6) is -4.28. The van der Waals surface area contributed by atoms with Crippen LogP contribution in [0.25, 0.3) is 6.08 Å². The van der Waals surface area contributed by atoms with Crippen LogP contribution in [0.3, 0.4) is 0 Å². The standard InChI is InChI=1S/C15H9ClF3NO/c16-10-4-1-9(2-5-10)3-6-15(21)20-14-8-12(18)11(17)7-13(14)19/h1-8H,(H,20,21). The molecular weight excluding hydrogens is 303 g/mol. The Bertz CT molecular complexity index is 699. The maximum absolute atomic E-state index is 13.3. The summed E-state index contributed by atoms with van der Waals surface area (Å²) in [5.41, 5.74) is 0.278. The van der Waals surface area contributed by atoms with Gasteiger partial charge in [-0.2, -0.15) is 0 Å². The van der Waals surface area contributed by atoms with Crippen molar-refractivity contribution in [2.24, 2.45) is 0 Å². The van der Waals surface area contributed by atoms with Crippen molar-refractivity contribution < 1.29 is 18.0 Å². The number of rotatable bonds is 3. The highest BCUT2D eigenvalue weighted by Gasteiger charge is 2.10. The van der Waals surface area contributed by atoms with E-state index in [2.05, 4.69) is 5.32 Å². The molecule has 0 aliphatic rings. The number of hydrogen-bond acceptors (Lipinski definition) is 1. The van der Waals surface area contributed by atoms with Crippen LogP contribution in [0, 0.1) is 17.5 Å². The van der Waals surface area contributed by atoms with Crippen LogP contribution in [-0.4, -0.2) is 5.91 Å². The fraction of sp³-hybridized carbons (Fsp3) is 0. The Morgan fingerprint density at radius 2 is 1.62 bits per heavy atom. The summed E-state index contributed by atoms with van der Waals surface area (Å²) in [7, 11) is 0. The molecule has 0 atom stereocenters. The van der Waals surface area contributed by atoms with Crippen LogP contribution >= 0.6 is 11.6 Å². The zero-order valence-electron chi connectivity index (χ0n) is 10.5. The van der Waals surface area contributed by atoms with E-state index in [1.54, 1.807) is 24.3 Å². The quantitative estimate of drug-likeness (QED) is 0.660.